The minimum atomic E-state index is -0.383. The largest absolute Gasteiger partial charge is 0.496 e. The van der Waals surface area contributed by atoms with Gasteiger partial charge in [0, 0.05) is 9.85 Å². The van der Waals surface area contributed by atoms with Gasteiger partial charge >= 0.3 is 5.97 Å². The minimum absolute atomic E-state index is 0.0901. The Morgan fingerprint density at radius 2 is 2.00 bits per heavy atom. The van der Waals surface area contributed by atoms with Gasteiger partial charge in [-0.05, 0) is 35.9 Å². The first-order valence-electron chi connectivity index (χ1n) is 7.73. The molecular weight excluding hydrogens is 421 g/mol. The van der Waals surface area contributed by atoms with Crippen LogP contribution in [0.1, 0.15) is 11.3 Å². The SMILES string of the molecule is COc1ccc(Br)cc1-c1nc(COC(=O)Cc2ccc(F)cc2)cs1. The van der Waals surface area contributed by atoms with Gasteiger partial charge in [0.2, 0.25) is 0 Å². The fraction of sp³-hybridized carbons (Fsp3) is 0.158. The highest BCUT2D eigenvalue weighted by Crippen LogP contribution is 2.34. The van der Waals surface area contributed by atoms with Crippen molar-refractivity contribution < 1.29 is 18.7 Å². The number of nitrogens with zero attached hydrogens (tertiary/aromatic N) is 1. The summed E-state index contributed by atoms with van der Waals surface area (Å²) < 4.78 is 24.4. The summed E-state index contributed by atoms with van der Waals surface area (Å²) in [6.45, 7) is 0.0901. The van der Waals surface area contributed by atoms with Crippen LogP contribution in [0, 0.1) is 5.82 Å². The van der Waals surface area contributed by atoms with Crippen LogP contribution in [-0.2, 0) is 22.6 Å². The minimum Gasteiger partial charge on any atom is -0.496 e. The summed E-state index contributed by atoms with van der Waals surface area (Å²) in [5.74, 6) is 0.00805. The molecule has 3 rings (SSSR count). The molecular formula is C19H15BrFNO3S. The lowest BCUT2D eigenvalue weighted by Crippen LogP contribution is -2.08. The first kappa shape index (κ1) is 18.5. The van der Waals surface area contributed by atoms with Crippen LogP contribution in [0.3, 0.4) is 0 Å². The number of halogens is 2. The highest BCUT2D eigenvalue weighted by Gasteiger charge is 2.12. The topological polar surface area (TPSA) is 48.4 Å². The number of aromatic nitrogens is 1. The number of esters is 1. The highest BCUT2D eigenvalue weighted by molar-refractivity contribution is 9.10. The number of hydrogen-bond donors (Lipinski definition) is 0. The van der Waals surface area contributed by atoms with Crippen LogP contribution in [0.2, 0.25) is 0 Å². The first-order chi connectivity index (χ1) is 12.5. The maximum Gasteiger partial charge on any atom is 0.310 e. The number of carbonyl (C=O) groups excluding carboxylic acids is 1. The lowest BCUT2D eigenvalue weighted by molar-refractivity contribution is -0.144. The molecule has 3 aromatic rings. The van der Waals surface area contributed by atoms with Crippen LogP contribution in [-0.4, -0.2) is 18.1 Å². The number of methoxy groups -OCH3 is 1. The van der Waals surface area contributed by atoms with Crippen molar-refractivity contribution in [1.82, 2.24) is 4.98 Å². The van der Waals surface area contributed by atoms with E-state index in [1.807, 2.05) is 23.6 Å². The molecule has 0 amide bonds. The van der Waals surface area contributed by atoms with E-state index in [0.29, 0.717) is 11.3 Å². The zero-order valence-electron chi connectivity index (χ0n) is 13.9. The zero-order valence-corrected chi connectivity index (χ0v) is 16.3. The molecule has 0 unspecified atom stereocenters. The van der Waals surface area contributed by atoms with Crippen LogP contribution in [0.15, 0.2) is 52.3 Å². The summed E-state index contributed by atoms with van der Waals surface area (Å²) >= 11 is 4.90. The van der Waals surface area contributed by atoms with Crippen molar-refractivity contribution in [2.45, 2.75) is 13.0 Å². The molecule has 7 heteroatoms. The zero-order chi connectivity index (χ0) is 18.5. The van der Waals surface area contributed by atoms with Crippen molar-refractivity contribution >= 4 is 33.2 Å². The Morgan fingerprint density at radius 3 is 2.73 bits per heavy atom. The normalized spacial score (nSPS) is 10.6. The predicted octanol–water partition coefficient (Wildman–Crippen LogP) is 5.01. The molecule has 0 aliphatic rings. The predicted molar refractivity (Wildman–Crippen MR) is 102 cm³/mol. The highest BCUT2D eigenvalue weighted by atomic mass is 79.9. The third-order valence-corrected chi connectivity index (χ3v) is 5.00. The lowest BCUT2D eigenvalue weighted by Gasteiger charge is -2.06. The van der Waals surface area contributed by atoms with Crippen molar-refractivity contribution in [3.8, 4) is 16.3 Å². The van der Waals surface area contributed by atoms with Gasteiger partial charge in [0.15, 0.2) is 0 Å². The Bertz CT molecular complexity index is 911. The Morgan fingerprint density at radius 1 is 1.23 bits per heavy atom. The van der Waals surface area contributed by atoms with Gasteiger partial charge in [-0.3, -0.25) is 4.79 Å². The van der Waals surface area contributed by atoms with E-state index in [1.165, 1.54) is 23.5 Å². The van der Waals surface area contributed by atoms with Gasteiger partial charge in [-0.1, -0.05) is 28.1 Å². The second-order valence-corrected chi connectivity index (χ2v) is 7.23. The molecule has 0 bridgehead atoms. The third kappa shape index (κ3) is 4.68. The van der Waals surface area contributed by atoms with Crippen molar-refractivity contribution in [3.63, 3.8) is 0 Å². The maximum absolute atomic E-state index is 12.9. The number of hydrogen-bond acceptors (Lipinski definition) is 5. The van der Waals surface area contributed by atoms with E-state index in [-0.39, 0.29) is 24.8 Å². The fourth-order valence-corrected chi connectivity index (χ4v) is 3.50. The molecule has 4 nitrogen and oxygen atoms in total. The van der Waals surface area contributed by atoms with Crippen molar-refractivity contribution in [2.75, 3.05) is 7.11 Å². The number of benzene rings is 2. The van der Waals surface area contributed by atoms with Crippen LogP contribution in [0.25, 0.3) is 10.6 Å². The van der Waals surface area contributed by atoms with Crippen molar-refractivity contribution in [3.05, 3.63) is 69.4 Å². The average molecular weight is 436 g/mol. The molecule has 0 atom stereocenters. The summed E-state index contributed by atoms with van der Waals surface area (Å²) in [6, 6.07) is 11.5. The molecule has 0 radical (unpaired) electrons. The molecule has 26 heavy (non-hydrogen) atoms. The van der Waals surface area contributed by atoms with Crippen LogP contribution in [0.5, 0.6) is 5.75 Å². The Labute approximate surface area is 162 Å². The monoisotopic (exact) mass is 435 g/mol. The van der Waals surface area contributed by atoms with Crippen molar-refractivity contribution in [2.24, 2.45) is 0 Å². The third-order valence-electron chi connectivity index (χ3n) is 3.59. The van der Waals surface area contributed by atoms with E-state index < -0.39 is 0 Å². The molecule has 0 fully saturated rings. The molecule has 0 aliphatic heterocycles. The van der Waals surface area contributed by atoms with Gasteiger partial charge in [-0.2, -0.15) is 0 Å². The molecule has 0 saturated heterocycles. The summed E-state index contributed by atoms with van der Waals surface area (Å²) in [5, 5.41) is 2.63. The fourth-order valence-electron chi connectivity index (χ4n) is 2.32. The maximum atomic E-state index is 12.9. The van der Waals surface area contributed by atoms with E-state index in [9.17, 15) is 9.18 Å². The Balaban J connectivity index is 1.63. The summed E-state index contributed by atoms with van der Waals surface area (Å²) in [6.07, 6.45) is 0.0940. The smallest absolute Gasteiger partial charge is 0.310 e. The van der Waals surface area contributed by atoms with E-state index in [1.54, 1.807) is 19.2 Å². The van der Waals surface area contributed by atoms with Gasteiger partial charge in [-0.25, -0.2) is 9.37 Å². The molecule has 134 valence electrons. The number of thiazole rings is 1. The van der Waals surface area contributed by atoms with Gasteiger partial charge in [0.05, 0.1) is 24.8 Å². The second-order valence-electron chi connectivity index (χ2n) is 5.45. The molecule has 0 aliphatic carbocycles. The van der Waals surface area contributed by atoms with Crippen LogP contribution < -0.4 is 4.74 Å². The van der Waals surface area contributed by atoms with Crippen LogP contribution >= 0.6 is 27.3 Å². The van der Waals surface area contributed by atoms with E-state index in [0.717, 1.165) is 20.8 Å². The average Bonchev–Trinajstić information content (AvgIpc) is 3.11. The standard InChI is InChI=1S/C19H15BrFNO3S/c1-24-17-7-4-13(20)9-16(17)19-22-15(11-26-19)10-25-18(23)8-12-2-5-14(21)6-3-12/h2-7,9,11H,8,10H2,1H3. The summed E-state index contributed by atoms with van der Waals surface area (Å²) in [7, 11) is 1.61. The molecule has 2 aromatic carbocycles. The van der Waals surface area contributed by atoms with Crippen molar-refractivity contribution in [1.29, 1.82) is 0 Å². The molecule has 0 spiro atoms. The number of rotatable bonds is 6. The second kappa shape index (κ2) is 8.42. The quantitative estimate of drug-likeness (QED) is 0.510. The van der Waals surface area contributed by atoms with Gasteiger partial charge in [0.25, 0.3) is 0 Å². The molecule has 1 heterocycles. The summed E-state index contributed by atoms with van der Waals surface area (Å²) in [4.78, 5) is 16.4. The van der Waals surface area contributed by atoms with Crippen LogP contribution in [0.4, 0.5) is 4.39 Å². The lowest BCUT2D eigenvalue weighted by atomic mass is 10.1. The van der Waals surface area contributed by atoms with Gasteiger partial charge < -0.3 is 9.47 Å². The van der Waals surface area contributed by atoms with E-state index >= 15 is 0 Å². The molecule has 0 saturated carbocycles. The summed E-state index contributed by atoms with van der Waals surface area (Å²) in [5.41, 5.74) is 2.24. The Kier molecular flexibility index (Phi) is 6.00. The number of carbonyl (C=O) groups is 1. The molecule has 0 N–H and O–H groups in total. The Hall–Kier alpha value is -2.25. The van der Waals surface area contributed by atoms with E-state index in [4.69, 9.17) is 9.47 Å². The molecule has 1 aromatic heterocycles. The van der Waals surface area contributed by atoms with Gasteiger partial charge in [0.1, 0.15) is 23.2 Å². The first-order valence-corrected chi connectivity index (χ1v) is 9.41. The number of ether oxygens (including phenoxy) is 2. The van der Waals surface area contributed by atoms with Gasteiger partial charge in [-0.15, -0.1) is 11.3 Å². The van der Waals surface area contributed by atoms with E-state index in [2.05, 4.69) is 20.9 Å².